The van der Waals surface area contributed by atoms with E-state index < -0.39 is 0 Å². The van der Waals surface area contributed by atoms with E-state index >= 15 is 0 Å². The first-order valence-electron chi connectivity index (χ1n) is 5.65. The minimum Gasteiger partial charge on any atom is -0.497 e. The maximum atomic E-state index is 5.61. The number of nitrogens with zero attached hydrogens (tertiary/aromatic N) is 1. The molecular weight excluding hydrogens is 254 g/mol. The molecule has 0 spiro atoms. The molecule has 0 aromatic rings. The van der Waals surface area contributed by atoms with Crippen LogP contribution in [0.15, 0.2) is 15.2 Å². The molecule has 1 heterocycles. The fraction of sp³-hybridized carbons (Fsp3) is 0.750. The van der Waals surface area contributed by atoms with Gasteiger partial charge in [-0.15, -0.1) is 0 Å². The molecule has 1 rings (SSSR count). The van der Waals surface area contributed by atoms with Gasteiger partial charge < -0.3 is 4.74 Å². The van der Waals surface area contributed by atoms with Gasteiger partial charge in [-0.3, -0.25) is 4.99 Å². The van der Waals surface area contributed by atoms with Crippen LogP contribution in [0.2, 0.25) is 0 Å². The number of allylic oxidation sites excluding steroid dienone is 2. The number of aliphatic imine (C=N–C) groups is 1. The summed E-state index contributed by atoms with van der Waals surface area (Å²) in [6.45, 7) is 7.26. The monoisotopic (exact) mass is 273 g/mol. The van der Waals surface area contributed by atoms with E-state index in [2.05, 4.69) is 34.8 Å². The number of ether oxygens (including phenoxy) is 1. The fourth-order valence-corrected chi connectivity index (χ4v) is 1.89. The highest BCUT2D eigenvalue weighted by molar-refractivity contribution is 9.12. The van der Waals surface area contributed by atoms with Gasteiger partial charge in [0.2, 0.25) is 0 Å². The summed E-state index contributed by atoms with van der Waals surface area (Å²) >= 11 is 3.48. The van der Waals surface area contributed by atoms with Crippen LogP contribution in [0.1, 0.15) is 40.0 Å². The van der Waals surface area contributed by atoms with Crippen LogP contribution in [0.3, 0.4) is 0 Å². The Kier molecular flexibility index (Phi) is 5.37. The maximum Gasteiger partial charge on any atom is 0.109 e. The Labute approximate surface area is 101 Å². The molecule has 15 heavy (non-hydrogen) atoms. The van der Waals surface area contributed by atoms with Gasteiger partial charge in [-0.05, 0) is 48.0 Å². The van der Waals surface area contributed by atoms with Crippen LogP contribution in [-0.2, 0) is 4.74 Å². The summed E-state index contributed by atoms with van der Waals surface area (Å²) in [4.78, 5) is 4.58. The van der Waals surface area contributed by atoms with Crippen molar-refractivity contribution in [1.29, 1.82) is 0 Å². The van der Waals surface area contributed by atoms with E-state index in [-0.39, 0.29) is 0 Å². The first kappa shape index (κ1) is 12.8. The highest BCUT2D eigenvalue weighted by atomic mass is 79.9. The lowest BCUT2D eigenvalue weighted by atomic mass is 9.97. The topological polar surface area (TPSA) is 21.6 Å². The molecule has 2 atom stereocenters. The van der Waals surface area contributed by atoms with Crippen molar-refractivity contribution < 1.29 is 4.74 Å². The predicted molar refractivity (Wildman–Crippen MR) is 68.5 cm³/mol. The lowest BCUT2D eigenvalue weighted by Crippen LogP contribution is -2.12. The van der Waals surface area contributed by atoms with Gasteiger partial charge in [0.1, 0.15) is 5.76 Å². The van der Waals surface area contributed by atoms with Gasteiger partial charge in [-0.1, -0.05) is 13.8 Å². The molecule has 0 aromatic carbocycles. The minimum absolute atomic E-state index is 0.457. The van der Waals surface area contributed by atoms with Crippen molar-refractivity contribution in [2.75, 3.05) is 6.61 Å². The van der Waals surface area contributed by atoms with Crippen LogP contribution >= 0.6 is 15.9 Å². The highest BCUT2D eigenvalue weighted by Gasteiger charge is 2.12. The van der Waals surface area contributed by atoms with Gasteiger partial charge in [-0.2, -0.15) is 0 Å². The van der Waals surface area contributed by atoms with E-state index in [1.165, 1.54) is 0 Å². The summed E-state index contributed by atoms with van der Waals surface area (Å²) in [5.74, 6) is 1.62. The molecular formula is C12H20BrNO. The zero-order valence-electron chi connectivity index (χ0n) is 9.79. The fourth-order valence-electron chi connectivity index (χ4n) is 1.66. The van der Waals surface area contributed by atoms with Gasteiger partial charge in [-0.25, -0.2) is 0 Å². The van der Waals surface area contributed by atoms with Crippen molar-refractivity contribution in [2.45, 2.75) is 46.1 Å². The van der Waals surface area contributed by atoms with E-state index in [0.717, 1.165) is 36.1 Å². The molecule has 1 aliphatic heterocycles. The van der Waals surface area contributed by atoms with E-state index in [4.69, 9.17) is 4.74 Å². The molecule has 0 aliphatic carbocycles. The Balaban J connectivity index is 2.75. The Bertz CT molecular complexity index is 260. The average Bonchev–Trinajstić information content (AvgIpc) is 2.22. The van der Waals surface area contributed by atoms with Gasteiger partial charge >= 0.3 is 0 Å². The summed E-state index contributed by atoms with van der Waals surface area (Å²) in [6, 6.07) is 0.457. The largest absolute Gasteiger partial charge is 0.497 e. The van der Waals surface area contributed by atoms with Crippen molar-refractivity contribution in [2.24, 2.45) is 10.9 Å². The Morgan fingerprint density at radius 1 is 1.60 bits per heavy atom. The third kappa shape index (κ3) is 4.37. The molecule has 1 aliphatic rings. The molecule has 0 bridgehead atoms. The van der Waals surface area contributed by atoms with Crippen molar-refractivity contribution >= 4 is 22.1 Å². The smallest absolute Gasteiger partial charge is 0.109 e. The predicted octanol–water partition coefficient (Wildman–Crippen LogP) is 3.91. The van der Waals surface area contributed by atoms with Crippen molar-refractivity contribution in [3.05, 3.63) is 10.2 Å². The molecule has 0 saturated carbocycles. The Hall–Kier alpha value is -0.310. The molecule has 0 fully saturated rings. The van der Waals surface area contributed by atoms with Crippen LogP contribution in [0.5, 0.6) is 0 Å². The summed E-state index contributed by atoms with van der Waals surface area (Å²) < 4.78 is 6.58. The number of hydrogen-bond donors (Lipinski definition) is 0. The van der Waals surface area contributed by atoms with Gasteiger partial charge in [0.05, 0.1) is 11.1 Å². The zero-order chi connectivity index (χ0) is 11.3. The number of rotatable bonds is 1. The second-order valence-electron chi connectivity index (χ2n) is 4.22. The molecule has 0 amide bonds. The van der Waals surface area contributed by atoms with Crippen LogP contribution in [0.25, 0.3) is 0 Å². The number of hydrogen-bond acceptors (Lipinski definition) is 2. The third-order valence-corrected chi connectivity index (χ3v) is 3.57. The Morgan fingerprint density at radius 3 is 3.00 bits per heavy atom. The van der Waals surface area contributed by atoms with Crippen molar-refractivity contribution in [3.63, 3.8) is 0 Å². The normalized spacial score (nSPS) is 33.6. The third-order valence-electron chi connectivity index (χ3n) is 2.81. The second-order valence-corrected chi connectivity index (χ2v) is 5.08. The number of halogens is 1. The first-order chi connectivity index (χ1) is 7.13. The zero-order valence-corrected chi connectivity index (χ0v) is 11.4. The lowest BCUT2D eigenvalue weighted by molar-refractivity contribution is 0.189. The molecule has 2 unspecified atom stereocenters. The summed E-state index contributed by atoms with van der Waals surface area (Å²) in [6.07, 6.45) is 5.28. The van der Waals surface area contributed by atoms with E-state index in [1.807, 2.05) is 13.1 Å². The average molecular weight is 274 g/mol. The Morgan fingerprint density at radius 2 is 2.33 bits per heavy atom. The standard InChI is InChI=1S/C12H20BrNO/c1-4-11-7-9(2)5-6-15-10(3)12(13)8-14-11/h8-9,11H,4-7H2,1-3H3/b12-10-,14-8?. The molecule has 3 heteroatoms. The summed E-state index contributed by atoms with van der Waals surface area (Å²) in [5.41, 5.74) is 0. The quantitative estimate of drug-likeness (QED) is 0.710. The van der Waals surface area contributed by atoms with Gasteiger partial charge in [0.15, 0.2) is 0 Å². The van der Waals surface area contributed by atoms with Crippen LogP contribution in [0, 0.1) is 5.92 Å². The SMILES string of the molecule is CCC1CC(C)CCO/C(C)=C(\Br)C=N1. The second kappa shape index (κ2) is 6.31. The van der Waals surface area contributed by atoms with Gasteiger partial charge in [0, 0.05) is 12.3 Å². The van der Waals surface area contributed by atoms with E-state index in [0.29, 0.717) is 12.0 Å². The van der Waals surface area contributed by atoms with Crippen molar-refractivity contribution in [1.82, 2.24) is 0 Å². The molecule has 0 radical (unpaired) electrons. The van der Waals surface area contributed by atoms with Gasteiger partial charge in [0.25, 0.3) is 0 Å². The molecule has 0 N–H and O–H groups in total. The molecule has 0 saturated heterocycles. The molecule has 86 valence electrons. The van der Waals surface area contributed by atoms with Crippen LogP contribution in [-0.4, -0.2) is 18.9 Å². The lowest BCUT2D eigenvalue weighted by Gasteiger charge is -2.18. The molecule has 2 nitrogen and oxygen atoms in total. The van der Waals surface area contributed by atoms with Crippen molar-refractivity contribution in [3.8, 4) is 0 Å². The molecule has 0 aromatic heterocycles. The van der Waals surface area contributed by atoms with Crippen LogP contribution < -0.4 is 0 Å². The maximum absolute atomic E-state index is 5.61. The minimum atomic E-state index is 0.457. The first-order valence-corrected chi connectivity index (χ1v) is 6.45. The van der Waals surface area contributed by atoms with Crippen LogP contribution in [0.4, 0.5) is 0 Å². The van der Waals surface area contributed by atoms with E-state index in [1.54, 1.807) is 0 Å². The summed E-state index contributed by atoms with van der Waals surface area (Å²) in [7, 11) is 0. The summed E-state index contributed by atoms with van der Waals surface area (Å²) in [5, 5.41) is 0. The highest BCUT2D eigenvalue weighted by Crippen LogP contribution is 2.19. The van der Waals surface area contributed by atoms with E-state index in [9.17, 15) is 0 Å².